The minimum atomic E-state index is -0.226. The average Bonchev–Trinajstić information content (AvgIpc) is 2.88. The van der Waals surface area contributed by atoms with E-state index in [-0.39, 0.29) is 23.3 Å². The summed E-state index contributed by atoms with van der Waals surface area (Å²) in [5.41, 5.74) is 0. The van der Waals surface area contributed by atoms with Gasteiger partial charge in [0.1, 0.15) is 0 Å². The Bertz CT molecular complexity index is 228. The van der Waals surface area contributed by atoms with E-state index in [9.17, 15) is 4.79 Å². The Morgan fingerprint density at radius 3 is 2.79 bits per heavy atom. The molecule has 14 heavy (non-hydrogen) atoms. The van der Waals surface area contributed by atoms with Gasteiger partial charge >= 0.3 is 0 Å². The topological polar surface area (TPSA) is 38.3 Å². The van der Waals surface area contributed by atoms with Crippen LogP contribution in [0.2, 0.25) is 0 Å². The van der Waals surface area contributed by atoms with Crippen LogP contribution in [0, 0.1) is 5.92 Å². The number of carbonyl (C=O) groups is 1. The first-order chi connectivity index (χ1) is 6.68. The molecule has 0 spiro atoms. The Labute approximate surface area is 90.0 Å². The van der Waals surface area contributed by atoms with Gasteiger partial charge in [0.25, 0.3) is 0 Å². The molecule has 1 amide bonds. The van der Waals surface area contributed by atoms with Crippen molar-refractivity contribution >= 4 is 18.5 Å². The van der Waals surface area contributed by atoms with Crippen molar-refractivity contribution in [3.63, 3.8) is 0 Å². The van der Waals surface area contributed by atoms with E-state index >= 15 is 0 Å². The van der Waals surface area contributed by atoms with Gasteiger partial charge < -0.3 is 10.1 Å². The predicted molar refractivity (Wildman–Crippen MR) is 57.5 cm³/mol. The van der Waals surface area contributed by atoms with E-state index in [0.29, 0.717) is 5.92 Å². The average molecular weight is 215 g/mol. The molecule has 1 saturated carbocycles. The summed E-state index contributed by atoms with van der Waals surface area (Å²) in [7, 11) is 0. The molecule has 1 N–H and O–H groups in total. The maximum absolute atomic E-state index is 11.4. The molecule has 1 heterocycles. The molecule has 1 aliphatic carbocycles. The minimum Gasteiger partial charge on any atom is -0.376 e. The summed E-state index contributed by atoms with van der Waals surface area (Å²) < 4.78 is 5.63. The van der Waals surface area contributed by atoms with Gasteiger partial charge in [0.15, 0.2) is 0 Å². The van der Waals surface area contributed by atoms with Crippen molar-refractivity contribution in [3.05, 3.63) is 0 Å². The third-order valence-electron chi connectivity index (χ3n) is 2.93. The van der Waals surface area contributed by atoms with Gasteiger partial charge in [-0.1, -0.05) is 0 Å². The van der Waals surface area contributed by atoms with Gasteiger partial charge in [-0.05, 0) is 32.1 Å². The fourth-order valence-corrected chi connectivity index (χ4v) is 2.03. The summed E-state index contributed by atoms with van der Waals surface area (Å²) in [6, 6.07) is 0.226. The number of hydrogen-bond donors (Lipinski definition) is 2. The molecule has 80 valence electrons. The standard InChI is InChI=1S/C10H17NO2S/c1-6(14)10(12)11-8-4-5-13-9(8)7-2-3-7/h6-9,14H,2-5H2,1H3,(H,11,12). The zero-order chi connectivity index (χ0) is 10.1. The molecule has 0 aromatic carbocycles. The lowest BCUT2D eigenvalue weighted by Gasteiger charge is -2.20. The summed E-state index contributed by atoms with van der Waals surface area (Å²) >= 11 is 4.11. The van der Waals surface area contributed by atoms with Crippen LogP contribution in [0.3, 0.4) is 0 Å². The van der Waals surface area contributed by atoms with Crippen LogP contribution in [0.25, 0.3) is 0 Å². The highest BCUT2D eigenvalue weighted by Gasteiger charge is 2.41. The molecule has 0 aromatic heterocycles. The van der Waals surface area contributed by atoms with Crippen LogP contribution in [0.15, 0.2) is 0 Å². The summed E-state index contributed by atoms with van der Waals surface area (Å²) in [4.78, 5) is 11.4. The molecule has 0 radical (unpaired) electrons. The number of amides is 1. The Morgan fingerprint density at radius 1 is 1.50 bits per heavy atom. The van der Waals surface area contributed by atoms with E-state index in [1.165, 1.54) is 12.8 Å². The molecule has 3 atom stereocenters. The van der Waals surface area contributed by atoms with Crippen LogP contribution in [-0.4, -0.2) is 29.9 Å². The van der Waals surface area contributed by atoms with E-state index in [4.69, 9.17) is 4.74 Å². The lowest BCUT2D eigenvalue weighted by molar-refractivity contribution is -0.121. The SMILES string of the molecule is CC(S)C(=O)NC1CCOC1C1CC1. The second-order valence-electron chi connectivity index (χ2n) is 4.25. The molecular formula is C10H17NO2S. The van der Waals surface area contributed by atoms with E-state index in [1.807, 2.05) is 0 Å². The van der Waals surface area contributed by atoms with E-state index < -0.39 is 0 Å². The molecule has 1 saturated heterocycles. The van der Waals surface area contributed by atoms with Gasteiger partial charge in [-0.15, -0.1) is 0 Å². The van der Waals surface area contributed by atoms with E-state index in [2.05, 4.69) is 17.9 Å². The Balaban J connectivity index is 1.86. The highest BCUT2D eigenvalue weighted by Crippen LogP contribution is 2.38. The number of carbonyl (C=O) groups excluding carboxylic acids is 1. The highest BCUT2D eigenvalue weighted by molar-refractivity contribution is 7.81. The van der Waals surface area contributed by atoms with Crippen LogP contribution in [0.4, 0.5) is 0 Å². The first-order valence-corrected chi connectivity index (χ1v) is 5.80. The number of ether oxygens (including phenoxy) is 1. The Kier molecular flexibility index (Phi) is 3.02. The van der Waals surface area contributed by atoms with E-state index in [1.54, 1.807) is 6.92 Å². The van der Waals surface area contributed by atoms with Crippen molar-refractivity contribution in [1.29, 1.82) is 0 Å². The zero-order valence-corrected chi connectivity index (χ0v) is 9.30. The van der Waals surface area contributed by atoms with Crippen molar-refractivity contribution in [1.82, 2.24) is 5.32 Å². The molecule has 1 aliphatic heterocycles. The third kappa shape index (κ3) is 2.23. The molecular weight excluding hydrogens is 198 g/mol. The minimum absolute atomic E-state index is 0.0227. The number of hydrogen-bond acceptors (Lipinski definition) is 3. The molecule has 2 rings (SSSR count). The van der Waals surface area contributed by atoms with Gasteiger partial charge in [-0.2, -0.15) is 12.6 Å². The molecule has 3 unspecified atom stereocenters. The molecule has 3 nitrogen and oxygen atoms in total. The van der Waals surface area contributed by atoms with E-state index in [0.717, 1.165) is 13.0 Å². The largest absolute Gasteiger partial charge is 0.376 e. The lowest BCUT2D eigenvalue weighted by atomic mass is 10.1. The second-order valence-corrected chi connectivity index (χ2v) is 5.03. The third-order valence-corrected chi connectivity index (χ3v) is 3.16. The van der Waals surface area contributed by atoms with Crippen molar-refractivity contribution in [2.75, 3.05) is 6.61 Å². The molecule has 0 bridgehead atoms. The molecule has 2 fully saturated rings. The normalized spacial score (nSPS) is 34.1. The number of thiol groups is 1. The van der Waals surface area contributed by atoms with Gasteiger partial charge in [0, 0.05) is 6.61 Å². The van der Waals surface area contributed by atoms with Crippen LogP contribution in [0.1, 0.15) is 26.2 Å². The smallest absolute Gasteiger partial charge is 0.232 e. The van der Waals surface area contributed by atoms with Crippen LogP contribution < -0.4 is 5.32 Å². The lowest BCUT2D eigenvalue weighted by Crippen LogP contribution is -2.43. The monoisotopic (exact) mass is 215 g/mol. The highest BCUT2D eigenvalue weighted by atomic mass is 32.1. The van der Waals surface area contributed by atoms with Gasteiger partial charge in [0.2, 0.25) is 5.91 Å². The molecule has 0 aromatic rings. The Hall–Kier alpha value is -0.220. The summed E-state index contributed by atoms with van der Waals surface area (Å²) in [5.74, 6) is 0.715. The summed E-state index contributed by atoms with van der Waals surface area (Å²) in [6.45, 7) is 2.58. The van der Waals surface area contributed by atoms with Crippen LogP contribution in [0.5, 0.6) is 0 Å². The quantitative estimate of drug-likeness (QED) is 0.689. The Morgan fingerprint density at radius 2 is 2.21 bits per heavy atom. The van der Waals surface area contributed by atoms with Crippen LogP contribution >= 0.6 is 12.6 Å². The predicted octanol–water partition coefficient (Wildman–Crippen LogP) is 0.988. The van der Waals surface area contributed by atoms with Gasteiger partial charge in [0.05, 0.1) is 17.4 Å². The van der Waals surface area contributed by atoms with Crippen molar-refractivity contribution in [2.24, 2.45) is 5.92 Å². The maximum Gasteiger partial charge on any atom is 0.232 e. The maximum atomic E-state index is 11.4. The first kappa shape index (κ1) is 10.3. The fraction of sp³-hybridized carbons (Fsp3) is 0.900. The van der Waals surface area contributed by atoms with Crippen molar-refractivity contribution in [3.8, 4) is 0 Å². The molecule has 2 aliphatic rings. The van der Waals surface area contributed by atoms with Gasteiger partial charge in [-0.3, -0.25) is 4.79 Å². The zero-order valence-electron chi connectivity index (χ0n) is 8.40. The summed E-state index contributed by atoms with van der Waals surface area (Å²) in [5, 5.41) is 2.78. The fourth-order valence-electron chi connectivity index (χ4n) is 1.96. The summed E-state index contributed by atoms with van der Waals surface area (Å²) in [6.07, 6.45) is 3.74. The molecule has 4 heteroatoms. The number of rotatable bonds is 3. The van der Waals surface area contributed by atoms with Crippen LogP contribution in [-0.2, 0) is 9.53 Å². The second kappa shape index (κ2) is 4.11. The first-order valence-electron chi connectivity index (χ1n) is 5.28. The van der Waals surface area contributed by atoms with Crippen molar-refractivity contribution < 1.29 is 9.53 Å². The van der Waals surface area contributed by atoms with Gasteiger partial charge in [-0.25, -0.2) is 0 Å². The van der Waals surface area contributed by atoms with Crippen molar-refractivity contribution in [2.45, 2.75) is 43.6 Å². The number of nitrogens with one attached hydrogen (secondary N) is 1.